The predicted molar refractivity (Wildman–Crippen MR) is 270 cm³/mol. The van der Waals surface area contributed by atoms with Crippen LogP contribution in [0.2, 0.25) is 0 Å². The van der Waals surface area contributed by atoms with Gasteiger partial charge in [0.2, 0.25) is 0 Å². The Morgan fingerprint density at radius 3 is 0.952 bits per heavy atom. The van der Waals surface area contributed by atoms with Crippen LogP contribution in [0.3, 0.4) is 0 Å². The van der Waals surface area contributed by atoms with Crippen LogP contribution < -0.4 is 0 Å². The fraction of sp³-hybridized carbons (Fsp3) is 0.737. The van der Waals surface area contributed by atoms with Gasteiger partial charge in [-0.3, -0.25) is 14.4 Å². The molecular weight excluding hydrogens is 781 g/mol. The number of hydrogen-bond donors (Lipinski definition) is 0. The number of ether oxygens (including phenoxy) is 3. The van der Waals surface area contributed by atoms with E-state index in [2.05, 4.69) is 93.7 Å². The summed E-state index contributed by atoms with van der Waals surface area (Å²) in [5, 5.41) is 0. The molecule has 0 rings (SSSR count). The minimum absolute atomic E-state index is 0.0854. The summed E-state index contributed by atoms with van der Waals surface area (Å²) in [4.78, 5) is 38.0. The molecule has 0 radical (unpaired) electrons. The van der Waals surface area contributed by atoms with Crippen LogP contribution in [-0.2, 0) is 28.6 Å². The normalized spacial score (nSPS) is 12.6. The van der Waals surface area contributed by atoms with Crippen LogP contribution in [0.15, 0.2) is 72.9 Å². The van der Waals surface area contributed by atoms with Crippen molar-refractivity contribution in [2.45, 2.75) is 258 Å². The van der Waals surface area contributed by atoms with Gasteiger partial charge in [0.1, 0.15) is 13.2 Å². The second kappa shape index (κ2) is 51.5. The Balaban J connectivity index is 4.39. The van der Waals surface area contributed by atoms with Gasteiger partial charge in [-0.15, -0.1) is 0 Å². The van der Waals surface area contributed by atoms with E-state index in [9.17, 15) is 14.4 Å². The predicted octanol–water partition coefficient (Wildman–Crippen LogP) is 17.4. The van der Waals surface area contributed by atoms with E-state index in [1.165, 1.54) is 116 Å². The molecule has 0 aromatic carbocycles. The molecule has 1 atom stereocenters. The molecule has 0 aliphatic rings. The van der Waals surface area contributed by atoms with Gasteiger partial charge in [0, 0.05) is 19.3 Å². The van der Waals surface area contributed by atoms with Gasteiger partial charge in [-0.05, 0) is 57.8 Å². The first-order valence-corrected chi connectivity index (χ1v) is 26.5. The van der Waals surface area contributed by atoms with Gasteiger partial charge in [-0.2, -0.15) is 0 Å². The minimum Gasteiger partial charge on any atom is -0.462 e. The average molecular weight is 879 g/mol. The molecule has 362 valence electrons. The quantitative estimate of drug-likeness (QED) is 0.0262. The Kier molecular flexibility index (Phi) is 48.9. The molecule has 0 N–H and O–H groups in total. The van der Waals surface area contributed by atoms with Gasteiger partial charge in [-0.1, -0.05) is 248 Å². The lowest BCUT2D eigenvalue weighted by Crippen LogP contribution is -2.30. The van der Waals surface area contributed by atoms with Crippen LogP contribution in [0.4, 0.5) is 0 Å². The van der Waals surface area contributed by atoms with E-state index >= 15 is 0 Å². The van der Waals surface area contributed by atoms with Crippen LogP contribution in [0, 0.1) is 0 Å². The number of allylic oxidation sites excluding steroid dienone is 12. The van der Waals surface area contributed by atoms with Crippen LogP contribution in [-0.4, -0.2) is 37.2 Å². The molecular formula is C57H98O6. The van der Waals surface area contributed by atoms with Gasteiger partial charge in [-0.25, -0.2) is 0 Å². The third kappa shape index (κ3) is 49.7. The maximum Gasteiger partial charge on any atom is 0.306 e. The molecule has 0 aromatic rings. The molecule has 0 aliphatic carbocycles. The first-order chi connectivity index (χ1) is 31.0. The monoisotopic (exact) mass is 879 g/mol. The van der Waals surface area contributed by atoms with Crippen molar-refractivity contribution in [3.8, 4) is 0 Å². The first kappa shape index (κ1) is 59.9. The fourth-order valence-corrected chi connectivity index (χ4v) is 7.38. The van der Waals surface area contributed by atoms with Crippen molar-refractivity contribution in [2.24, 2.45) is 0 Å². The van der Waals surface area contributed by atoms with Gasteiger partial charge in [0.25, 0.3) is 0 Å². The van der Waals surface area contributed by atoms with Crippen molar-refractivity contribution in [1.82, 2.24) is 0 Å². The molecule has 0 aromatic heterocycles. The number of hydrogen-bond acceptors (Lipinski definition) is 6. The largest absolute Gasteiger partial charge is 0.462 e. The fourth-order valence-electron chi connectivity index (χ4n) is 7.38. The molecule has 0 amide bonds. The third-order valence-corrected chi connectivity index (χ3v) is 11.3. The zero-order valence-electron chi connectivity index (χ0n) is 41.3. The lowest BCUT2D eigenvalue weighted by molar-refractivity contribution is -0.167. The Morgan fingerprint density at radius 1 is 0.333 bits per heavy atom. The Labute approximate surface area is 389 Å². The molecule has 63 heavy (non-hydrogen) atoms. The summed E-state index contributed by atoms with van der Waals surface area (Å²) in [5.41, 5.74) is 0. The van der Waals surface area contributed by atoms with E-state index in [4.69, 9.17) is 14.2 Å². The highest BCUT2D eigenvalue weighted by molar-refractivity contribution is 5.71. The van der Waals surface area contributed by atoms with Crippen molar-refractivity contribution < 1.29 is 28.6 Å². The number of carbonyl (C=O) groups excluding carboxylic acids is 3. The van der Waals surface area contributed by atoms with E-state index in [1.807, 2.05) is 0 Å². The van der Waals surface area contributed by atoms with Crippen molar-refractivity contribution in [3.63, 3.8) is 0 Å². The number of unbranched alkanes of at least 4 members (excludes halogenated alkanes) is 28. The van der Waals surface area contributed by atoms with E-state index in [-0.39, 0.29) is 31.1 Å². The molecule has 6 heteroatoms. The van der Waals surface area contributed by atoms with Gasteiger partial charge >= 0.3 is 17.9 Å². The SMILES string of the molecule is CC/C=C/C=C/C=C/CCCCCCCCCC(=O)OC(COC(=O)CCCCCCC/C=C/C=C/C=C/CC)COC(=O)CCCCCCCCCCCCCCCCCCC. The zero-order chi connectivity index (χ0) is 45.8. The highest BCUT2D eigenvalue weighted by atomic mass is 16.6. The Bertz CT molecular complexity index is 1190. The summed E-state index contributed by atoms with van der Waals surface area (Å²) in [7, 11) is 0. The zero-order valence-corrected chi connectivity index (χ0v) is 41.3. The Hall–Kier alpha value is -3.15. The Morgan fingerprint density at radius 2 is 0.619 bits per heavy atom. The summed E-state index contributed by atoms with van der Waals surface area (Å²) >= 11 is 0. The molecule has 0 saturated carbocycles. The first-order valence-electron chi connectivity index (χ1n) is 26.5. The van der Waals surface area contributed by atoms with Crippen LogP contribution >= 0.6 is 0 Å². The maximum atomic E-state index is 12.8. The van der Waals surface area contributed by atoms with E-state index in [0.717, 1.165) is 96.3 Å². The molecule has 0 bridgehead atoms. The summed E-state index contributed by atoms with van der Waals surface area (Å²) in [6.45, 7) is 6.36. The summed E-state index contributed by atoms with van der Waals surface area (Å²) in [5.74, 6) is -0.914. The second-order valence-corrected chi connectivity index (χ2v) is 17.5. The van der Waals surface area contributed by atoms with Crippen molar-refractivity contribution >= 4 is 17.9 Å². The maximum absolute atomic E-state index is 12.8. The van der Waals surface area contributed by atoms with E-state index in [0.29, 0.717) is 19.3 Å². The van der Waals surface area contributed by atoms with Gasteiger partial charge in [0.15, 0.2) is 6.10 Å². The van der Waals surface area contributed by atoms with Gasteiger partial charge < -0.3 is 14.2 Å². The van der Waals surface area contributed by atoms with E-state index < -0.39 is 6.10 Å². The molecule has 0 heterocycles. The highest BCUT2D eigenvalue weighted by Crippen LogP contribution is 2.16. The third-order valence-electron chi connectivity index (χ3n) is 11.3. The smallest absolute Gasteiger partial charge is 0.306 e. The molecule has 0 spiro atoms. The van der Waals surface area contributed by atoms with Crippen LogP contribution in [0.5, 0.6) is 0 Å². The minimum atomic E-state index is -0.788. The van der Waals surface area contributed by atoms with Crippen molar-refractivity contribution in [2.75, 3.05) is 13.2 Å². The standard InChI is InChI=1S/C57H98O6/c1-4-7-10-13-16-19-22-25-27-28-30-32-35-38-41-44-47-50-56(59)62-53-54(52-61-55(58)49-46-43-40-37-34-31-24-21-18-15-12-9-6-3)63-57(60)51-48-45-42-39-36-33-29-26-23-20-17-14-11-8-5-2/h8-9,11-12,14-15,17-18,20-21,23-24,54H,4-7,10,13,16,19,22,25-53H2,1-3H3/b11-8+,12-9+,17-14+,18-15+,23-20+,24-21+. The van der Waals surface area contributed by atoms with Crippen molar-refractivity contribution in [1.29, 1.82) is 0 Å². The second-order valence-electron chi connectivity index (χ2n) is 17.5. The molecule has 0 saturated heterocycles. The average Bonchev–Trinajstić information content (AvgIpc) is 3.28. The lowest BCUT2D eigenvalue weighted by atomic mass is 10.0. The number of esters is 3. The molecule has 0 aliphatic heterocycles. The highest BCUT2D eigenvalue weighted by Gasteiger charge is 2.19. The number of carbonyl (C=O) groups is 3. The topological polar surface area (TPSA) is 78.9 Å². The summed E-state index contributed by atoms with van der Waals surface area (Å²) in [6, 6.07) is 0. The summed E-state index contributed by atoms with van der Waals surface area (Å²) in [6.07, 6.45) is 64.6. The number of rotatable bonds is 47. The van der Waals surface area contributed by atoms with Crippen LogP contribution in [0.25, 0.3) is 0 Å². The lowest BCUT2D eigenvalue weighted by Gasteiger charge is -2.18. The summed E-state index contributed by atoms with van der Waals surface area (Å²) < 4.78 is 16.8. The van der Waals surface area contributed by atoms with E-state index in [1.54, 1.807) is 0 Å². The molecule has 0 fully saturated rings. The van der Waals surface area contributed by atoms with Crippen LogP contribution in [0.1, 0.15) is 252 Å². The molecule has 6 nitrogen and oxygen atoms in total. The van der Waals surface area contributed by atoms with Gasteiger partial charge in [0.05, 0.1) is 0 Å². The van der Waals surface area contributed by atoms with Crippen molar-refractivity contribution in [3.05, 3.63) is 72.9 Å². The molecule has 1 unspecified atom stereocenters.